The quantitative estimate of drug-likeness (QED) is 0.477. The SMILES string of the molecule is COC[C@@H](NC(=O)c1nn2cc(-c3ccc(C)c(C)c3)[nH]c(=O)c2c1C#N)c1ccccc1. The number of methoxy groups -OCH3 is 1. The molecule has 2 heterocycles. The molecule has 4 rings (SSSR count). The van der Waals surface area contributed by atoms with Crippen LogP contribution < -0.4 is 10.9 Å². The fourth-order valence-corrected chi connectivity index (χ4v) is 3.70. The Morgan fingerprint density at radius 1 is 1.21 bits per heavy atom. The normalized spacial score (nSPS) is 11.8. The van der Waals surface area contributed by atoms with Gasteiger partial charge in [-0.25, -0.2) is 4.52 Å². The van der Waals surface area contributed by atoms with Crippen molar-refractivity contribution in [2.45, 2.75) is 19.9 Å². The van der Waals surface area contributed by atoms with Gasteiger partial charge in [0.05, 0.1) is 24.5 Å². The number of aromatic nitrogens is 3. The van der Waals surface area contributed by atoms with Gasteiger partial charge in [0.15, 0.2) is 5.69 Å². The number of carbonyl (C=O) groups is 1. The zero-order valence-corrected chi connectivity index (χ0v) is 18.5. The minimum absolute atomic E-state index is 0.0261. The number of ether oxygens (including phenoxy) is 1. The lowest BCUT2D eigenvalue weighted by Crippen LogP contribution is -2.32. The largest absolute Gasteiger partial charge is 0.382 e. The number of aryl methyl sites for hydroxylation is 2. The second-order valence-corrected chi connectivity index (χ2v) is 7.82. The topological polar surface area (TPSA) is 112 Å². The Bertz CT molecular complexity index is 1430. The first-order valence-corrected chi connectivity index (χ1v) is 10.4. The second kappa shape index (κ2) is 9.10. The van der Waals surface area contributed by atoms with Crippen LogP contribution in [0.1, 0.15) is 38.8 Å². The van der Waals surface area contributed by atoms with Crippen molar-refractivity contribution in [1.82, 2.24) is 19.9 Å². The maximum Gasteiger partial charge on any atom is 0.275 e. The third-order valence-electron chi connectivity index (χ3n) is 5.61. The molecule has 0 aliphatic carbocycles. The first-order chi connectivity index (χ1) is 15.9. The number of nitriles is 1. The van der Waals surface area contributed by atoms with Crippen LogP contribution in [-0.4, -0.2) is 34.2 Å². The zero-order chi connectivity index (χ0) is 23.5. The number of aromatic amines is 1. The molecule has 2 aromatic carbocycles. The van der Waals surface area contributed by atoms with E-state index in [1.165, 1.54) is 4.52 Å². The molecule has 0 fully saturated rings. The highest BCUT2D eigenvalue weighted by Crippen LogP contribution is 2.21. The highest BCUT2D eigenvalue weighted by molar-refractivity contribution is 5.97. The van der Waals surface area contributed by atoms with E-state index in [1.807, 2.05) is 68.4 Å². The summed E-state index contributed by atoms with van der Waals surface area (Å²) >= 11 is 0. The van der Waals surface area contributed by atoms with E-state index < -0.39 is 17.5 Å². The van der Waals surface area contributed by atoms with Crippen LogP contribution in [0.4, 0.5) is 0 Å². The smallest absolute Gasteiger partial charge is 0.275 e. The standard InChI is InChI=1S/C25H23N5O3/c1-15-9-10-18(11-16(15)2)20-13-30-23(25(32)27-20)19(12-26)22(29-30)24(31)28-21(14-33-3)17-7-5-4-6-8-17/h4-11,13,21H,14H2,1-3H3,(H,27,32)(H,28,31)/t21-/m1/s1. The molecule has 0 bridgehead atoms. The van der Waals surface area contributed by atoms with Crippen LogP contribution in [-0.2, 0) is 4.74 Å². The molecule has 1 amide bonds. The maximum atomic E-state index is 13.1. The molecule has 2 N–H and O–H groups in total. The highest BCUT2D eigenvalue weighted by atomic mass is 16.5. The molecule has 166 valence electrons. The van der Waals surface area contributed by atoms with Gasteiger partial charge in [-0.1, -0.05) is 42.5 Å². The molecule has 0 saturated heterocycles. The molecule has 1 atom stereocenters. The maximum absolute atomic E-state index is 13.1. The van der Waals surface area contributed by atoms with Crippen LogP contribution in [0, 0.1) is 25.2 Å². The van der Waals surface area contributed by atoms with Gasteiger partial charge < -0.3 is 15.0 Å². The number of hydrogen-bond donors (Lipinski definition) is 2. The number of fused-ring (bicyclic) bond motifs is 1. The van der Waals surface area contributed by atoms with Crippen molar-refractivity contribution in [2.24, 2.45) is 0 Å². The van der Waals surface area contributed by atoms with Crippen molar-refractivity contribution < 1.29 is 9.53 Å². The van der Waals surface area contributed by atoms with Crippen LogP contribution in [0.15, 0.2) is 59.5 Å². The van der Waals surface area contributed by atoms with Gasteiger partial charge in [0.25, 0.3) is 11.5 Å². The summed E-state index contributed by atoms with van der Waals surface area (Å²) in [5, 5.41) is 16.9. The Hall–Kier alpha value is -4.22. The lowest BCUT2D eigenvalue weighted by atomic mass is 10.0. The number of amides is 1. The van der Waals surface area contributed by atoms with Gasteiger partial charge in [0.2, 0.25) is 0 Å². The fraction of sp³-hybridized carbons (Fsp3) is 0.200. The lowest BCUT2D eigenvalue weighted by molar-refractivity contribution is 0.0891. The molecule has 4 aromatic rings. The highest BCUT2D eigenvalue weighted by Gasteiger charge is 2.24. The van der Waals surface area contributed by atoms with E-state index in [2.05, 4.69) is 15.4 Å². The minimum Gasteiger partial charge on any atom is -0.382 e. The molecule has 0 aliphatic rings. The van der Waals surface area contributed by atoms with E-state index in [9.17, 15) is 14.9 Å². The van der Waals surface area contributed by atoms with Crippen LogP contribution in [0.5, 0.6) is 0 Å². The average Bonchev–Trinajstić information content (AvgIpc) is 3.20. The first kappa shape index (κ1) is 22.0. The molecule has 0 spiro atoms. The van der Waals surface area contributed by atoms with E-state index in [4.69, 9.17) is 4.74 Å². The number of H-pyrrole nitrogens is 1. The molecule has 2 aromatic heterocycles. The molecular formula is C25H23N5O3. The van der Waals surface area contributed by atoms with E-state index in [1.54, 1.807) is 13.3 Å². The van der Waals surface area contributed by atoms with Gasteiger partial charge >= 0.3 is 0 Å². The minimum atomic E-state index is -0.562. The van der Waals surface area contributed by atoms with Crippen LogP contribution >= 0.6 is 0 Å². The Labute approximate surface area is 190 Å². The van der Waals surface area contributed by atoms with Crippen LogP contribution in [0.3, 0.4) is 0 Å². The number of benzene rings is 2. The molecular weight excluding hydrogens is 418 g/mol. The first-order valence-electron chi connectivity index (χ1n) is 10.4. The van der Waals surface area contributed by atoms with E-state index in [-0.39, 0.29) is 23.4 Å². The number of rotatable bonds is 6. The number of nitrogens with one attached hydrogen (secondary N) is 2. The molecule has 0 radical (unpaired) electrons. The molecule has 33 heavy (non-hydrogen) atoms. The molecule has 8 heteroatoms. The van der Waals surface area contributed by atoms with E-state index >= 15 is 0 Å². The Balaban J connectivity index is 1.75. The third kappa shape index (κ3) is 4.27. The van der Waals surface area contributed by atoms with E-state index in [0.29, 0.717) is 5.69 Å². The third-order valence-corrected chi connectivity index (χ3v) is 5.61. The summed E-state index contributed by atoms with van der Waals surface area (Å²) in [4.78, 5) is 28.8. The Morgan fingerprint density at radius 3 is 2.64 bits per heavy atom. The van der Waals surface area contributed by atoms with Gasteiger partial charge in [-0.2, -0.15) is 10.4 Å². The van der Waals surface area contributed by atoms with Crippen LogP contribution in [0.2, 0.25) is 0 Å². The summed E-state index contributed by atoms with van der Waals surface area (Å²) in [7, 11) is 1.54. The van der Waals surface area contributed by atoms with Gasteiger partial charge in [0.1, 0.15) is 17.1 Å². The Kier molecular flexibility index (Phi) is 6.07. The molecule has 0 aliphatic heterocycles. The summed E-state index contributed by atoms with van der Waals surface area (Å²) in [5.41, 5.74) is 3.75. The van der Waals surface area contributed by atoms with Crippen molar-refractivity contribution >= 4 is 11.4 Å². The van der Waals surface area contributed by atoms with E-state index in [0.717, 1.165) is 22.3 Å². The van der Waals surface area contributed by atoms with Crippen LogP contribution in [0.25, 0.3) is 16.8 Å². The average molecular weight is 441 g/mol. The van der Waals surface area contributed by atoms with Crippen molar-refractivity contribution in [3.63, 3.8) is 0 Å². The van der Waals surface area contributed by atoms with Crippen molar-refractivity contribution in [3.05, 3.63) is 93.0 Å². The zero-order valence-electron chi connectivity index (χ0n) is 18.5. The molecule has 0 unspecified atom stereocenters. The van der Waals surface area contributed by atoms with Gasteiger partial charge in [-0.3, -0.25) is 9.59 Å². The summed E-state index contributed by atoms with van der Waals surface area (Å²) in [5.74, 6) is -0.562. The number of hydrogen-bond acceptors (Lipinski definition) is 5. The summed E-state index contributed by atoms with van der Waals surface area (Å²) < 4.78 is 6.55. The molecule has 8 nitrogen and oxygen atoms in total. The fourth-order valence-electron chi connectivity index (χ4n) is 3.70. The molecule has 0 saturated carbocycles. The number of carbonyl (C=O) groups excluding carboxylic acids is 1. The monoisotopic (exact) mass is 441 g/mol. The van der Waals surface area contributed by atoms with Gasteiger partial charge in [0, 0.05) is 7.11 Å². The summed E-state index contributed by atoms with van der Waals surface area (Å²) in [6.07, 6.45) is 1.61. The van der Waals surface area contributed by atoms with Crippen molar-refractivity contribution in [3.8, 4) is 17.3 Å². The summed E-state index contributed by atoms with van der Waals surface area (Å²) in [6.45, 7) is 4.24. The number of nitrogens with zero attached hydrogens (tertiary/aromatic N) is 3. The van der Waals surface area contributed by atoms with Crippen molar-refractivity contribution in [1.29, 1.82) is 5.26 Å². The lowest BCUT2D eigenvalue weighted by Gasteiger charge is -2.17. The van der Waals surface area contributed by atoms with Gasteiger partial charge in [-0.15, -0.1) is 0 Å². The predicted molar refractivity (Wildman–Crippen MR) is 124 cm³/mol. The Morgan fingerprint density at radius 2 is 1.97 bits per heavy atom. The predicted octanol–water partition coefficient (Wildman–Crippen LogP) is 3.30. The van der Waals surface area contributed by atoms with Crippen molar-refractivity contribution in [2.75, 3.05) is 13.7 Å². The van der Waals surface area contributed by atoms with Gasteiger partial charge in [-0.05, 0) is 42.2 Å². The second-order valence-electron chi connectivity index (χ2n) is 7.82. The summed E-state index contributed by atoms with van der Waals surface area (Å²) in [6, 6.07) is 16.7.